The molecule has 32 heavy (non-hydrogen) atoms. The normalized spacial score (nSPS) is 11.0. The average Bonchev–Trinajstić information content (AvgIpc) is 3.16. The Hall–Kier alpha value is -3.23. The lowest BCUT2D eigenvalue weighted by atomic mass is 10.0. The van der Waals surface area contributed by atoms with Crippen LogP contribution in [0.2, 0.25) is 10.0 Å². The van der Waals surface area contributed by atoms with E-state index in [1.807, 2.05) is 0 Å². The number of pyridine rings is 1. The summed E-state index contributed by atoms with van der Waals surface area (Å²) < 4.78 is 39.6. The highest BCUT2D eigenvalue weighted by molar-refractivity contribution is 6.34. The molecule has 0 unspecified atom stereocenters. The number of nitrogens with zero attached hydrogens (tertiary/aromatic N) is 2. The summed E-state index contributed by atoms with van der Waals surface area (Å²) in [7, 11) is 1.46. The fourth-order valence-corrected chi connectivity index (χ4v) is 3.55. The van der Waals surface area contributed by atoms with Gasteiger partial charge in [-0.25, -0.2) is 13.8 Å². The van der Waals surface area contributed by atoms with E-state index in [4.69, 9.17) is 32.7 Å². The van der Waals surface area contributed by atoms with Crippen molar-refractivity contribution < 1.29 is 23.0 Å². The van der Waals surface area contributed by atoms with E-state index < -0.39 is 17.4 Å². The van der Waals surface area contributed by atoms with Gasteiger partial charge in [-0.1, -0.05) is 29.3 Å². The fourth-order valence-electron chi connectivity index (χ4n) is 3.14. The van der Waals surface area contributed by atoms with Gasteiger partial charge < -0.3 is 9.47 Å². The molecule has 0 fully saturated rings. The minimum atomic E-state index is -0.924. The molecule has 1 N–H and O–H groups in total. The monoisotopic (exact) mass is 477 g/mol. The zero-order valence-electron chi connectivity index (χ0n) is 16.6. The number of carbonyl (C=O) groups is 1. The van der Waals surface area contributed by atoms with Crippen molar-refractivity contribution in [3.05, 3.63) is 81.0 Å². The molecule has 4 aromatic rings. The highest BCUT2D eigenvalue weighted by atomic mass is 35.5. The number of carbonyl (C=O) groups excluding carboxylic acids is 1. The van der Waals surface area contributed by atoms with Crippen molar-refractivity contribution in [1.82, 2.24) is 15.2 Å². The van der Waals surface area contributed by atoms with E-state index in [1.54, 1.807) is 6.07 Å². The van der Waals surface area contributed by atoms with Crippen LogP contribution in [0.15, 0.2) is 42.6 Å². The average molecular weight is 478 g/mol. The molecular weight excluding hydrogens is 463 g/mol. The first-order valence-electron chi connectivity index (χ1n) is 9.32. The smallest absolute Gasteiger partial charge is 0.241 e. The predicted octanol–water partition coefficient (Wildman–Crippen LogP) is 5.56. The van der Waals surface area contributed by atoms with E-state index in [1.165, 1.54) is 37.6 Å². The zero-order valence-corrected chi connectivity index (χ0v) is 18.1. The molecule has 2 aromatic heterocycles. The third-order valence-corrected chi connectivity index (χ3v) is 5.28. The second-order valence-corrected chi connectivity index (χ2v) is 7.68. The maximum Gasteiger partial charge on any atom is 0.241 e. The maximum atomic E-state index is 15.1. The van der Waals surface area contributed by atoms with Crippen molar-refractivity contribution in [2.24, 2.45) is 0 Å². The number of aromatic amines is 1. The molecule has 2 aromatic carbocycles. The Kier molecular flexibility index (Phi) is 6.25. The van der Waals surface area contributed by atoms with Crippen molar-refractivity contribution in [1.29, 1.82) is 0 Å². The van der Waals surface area contributed by atoms with E-state index in [2.05, 4.69) is 15.2 Å². The first-order chi connectivity index (χ1) is 15.4. The van der Waals surface area contributed by atoms with Gasteiger partial charge in [0.1, 0.15) is 12.4 Å². The minimum absolute atomic E-state index is 0.0625. The molecule has 0 bridgehead atoms. The number of aromatic nitrogens is 3. The van der Waals surface area contributed by atoms with Crippen molar-refractivity contribution in [2.75, 3.05) is 7.11 Å². The van der Waals surface area contributed by atoms with E-state index in [0.717, 1.165) is 6.07 Å². The van der Waals surface area contributed by atoms with Gasteiger partial charge >= 0.3 is 0 Å². The van der Waals surface area contributed by atoms with Gasteiger partial charge in [-0.15, -0.1) is 5.10 Å². The number of hydrogen-bond donors (Lipinski definition) is 1. The van der Waals surface area contributed by atoms with Gasteiger partial charge in [0.05, 0.1) is 23.1 Å². The molecule has 0 saturated heterocycles. The topological polar surface area (TPSA) is 77.1 Å². The van der Waals surface area contributed by atoms with Crippen LogP contribution < -0.4 is 9.47 Å². The van der Waals surface area contributed by atoms with Crippen molar-refractivity contribution in [3.63, 3.8) is 0 Å². The second-order valence-electron chi connectivity index (χ2n) is 6.83. The van der Waals surface area contributed by atoms with Crippen LogP contribution in [-0.4, -0.2) is 28.1 Å². The Morgan fingerprint density at radius 3 is 2.72 bits per heavy atom. The third-order valence-electron chi connectivity index (χ3n) is 4.73. The number of halogens is 4. The fraction of sp³-hybridized carbons (Fsp3) is 0.136. The van der Waals surface area contributed by atoms with Crippen LogP contribution in [0.25, 0.3) is 11.0 Å². The van der Waals surface area contributed by atoms with Crippen LogP contribution in [-0.2, 0) is 13.0 Å². The van der Waals surface area contributed by atoms with Gasteiger partial charge in [-0.2, -0.15) is 0 Å². The number of hydrogen-bond acceptors (Lipinski definition) is 5. The van der Waals surface area contributed by atoms with Gasteiger partial charge in [0.25, 0.3) is 0 Å². The van der Waals surface area contributed by atoms with Gasteiger partial charge in [-0.05, 0) is 35.9 Å². The van der Waals surface area contributed by atoms with Crippen LogP contribution in [0.3, 0.4) is 0 Å². The summed E-state index contributed by atoms with van der Waals surface area (Å²) in [5.41, 5.74) is 0.879. The maximum absolute atomic E-state index is 15.1. The molecule has 0 spiro atoms. The number of ketones is 1. The summed E-state index contributed by atoms with van der Waals surface area (Å²) in [4.78, 5) is 17.1. The molecular formula is C22H15Cl2F2N3O3. The molecule has 4 rings (SSSR count). The summed E-state index contributed by atoms with van der Waals surface area (Å²) >= 11 is 11.8. The van der Waals surface area contributed by atoms with Crippen LogP contribution in [0.1, 0.15) is 21.5 Å². The SMILES string of the molecule is COc1n[nH]c2ncc(CC(=O)c3c(Cl)ccc(OCc4ccc(Cl)cc4F)c3F)cc12. The lowest BCUT2D eigenvalue weighted by Crippen LogP contribution is -2.09. The Bertz CT molecular complexity index is 1330. The van der Waals surface area contributed by atoms with Gasteiger partial charge in [0, 0.05) is 23.2 Å². The number of fused-ring (bicyclic) bond motifs is 1. The minimum Gasteiger partial charge on any atom is -0.486 e. The number of ether oxygens (including phenoxy) is 2. The van der Waals surface area contributed by atoms with Crippen LogP contribution >= 0.6 is 23.2 Å². The quantitative estimate of drug-likeness (QED) is 0.352. The van der Waals surface area contributed by atoms with Crippen LogP contribution in [0.4, 0.5) is 8.78 Å². The molecule has 0 amide bonds. The van der Waals surface area contributed by atoms with Gasteiger partial charge in [-0.3, -0.25) is 9.89 Å². The van der Waals surface area contributed by atoms with E-state index in [0.29, 0.717) is 22.5 Å². The Labute approximate surface area is 191 Å². The van der Waals surface area contributed by atoms with E-state index >= 15 is 4.39 Å². The summed E-state index contributed by atoms with van der Waals surface area (Å²) in [5, 5.41) is 7.43. The first-order valence-corrected chi connectivity index (χ1v) is 10.1. The first kappa shape index (κ1) is 22.0. The standard InChI is InChI=1S/C22H15Cl2F2N3O3/c1-31-22-14-6-11(9-27-21(14)28-29-22)7-17(30)19-15(24)4-5-18(20(19)26)32-10-12-2-3-13(23)8-16(12)25/h2-6,8-9H,7,10H2,1H3,(H,27,28,29). The second kappa shape index (κ2) is 9.10. The van der Waals surface area contributed by atoms with Gasteiger partial charge in [0.2, 0.25) is 5.88 Å². The summed E-state index contributed by atoms with van der Waals surface area (Å²) in [5.74, 6) is -1.97. The number of nitrogens with one attached hydrogen (secondary N) is 1. The summed E-state index contributed by atoms with van der Waals surface area (Å²) in [6.45, 7) is -0.254. The number of methoxy groups -OCH3 is 1. The van der Waals surface area contributed by atoms with E-state index in [9.17, 15) is 9.18 Å². The number of rotatable bonds is 7. The van der Waals surface area contributed by atoms with Crippen LogP contribution in [0, 0.1) is 11.6 Å². The number of Topliss-reactive ketones (excluding diaryl/α,β-unsaturated/α-hetero) is 1. The molecule has 10 heteroatoms. The van der Waals surface area contributed by atoms with Crippen LogP contribution in [0.5, 0.6) is 11.6 Å². The predicted molar refractivity (Wildman–Crippen MR) is 116 cm³/mol. The molecule has 164 valence electrons. The Morgan fingerprint density at radius 1 is 1.16 bits per heavy atom. The molecule has 0 aliphatic carbocycles. The highest BCUT2D eigenvalue weighted by Gasteiger charge is 2.21. The summed E-state index contributed by atoms with van der Waals surface area (Å²) in [6, 6.07) is 8.38. The molecule has 0 saturated carbocycles. The molecule has 0 aliphatic rings. The van der Waals surface area contributed by atoms with Crippen molar-refractivity contribution >= 4 is 40.0 Å². The zero-order chi connectivity index (χ0) is 22.8. The molecule has 0 atom stereocenters. The van der Waals surface area contributed by atoms with Crippen molar-refractivity contribution in [3.8, 4) is 11.6 Å². The third kappa shape index (κ3) is 4.37. The lowest BCUT2D eigenvalue weighted by Gasteiger charge is -2.12. The molecule has 0 aliphatic heterocycles. The highest BCUT2D eigenvalue weighted by Crippen LogP contribution is 2.30. The summed E-state index contributed by atoms with van der Waals surface area (Å²) in [6.07, 6.45) is 1.32. The lowest BCUT2D eigenvalue weighted by molar-refractivity contribution is 0.0988. The molecule has 2 heterocycles. The van der Waals surface area contributed by atoms with Crippen molar-refractivity contribution in [2.45, 2.75) is 13.0 Å². The number of benzene rings is 2. The molecule has 0 radical (unpaired) electrons. The Balaban J connectivity index is 1.57. The largest absolute Gasteiger partial charge is 0.486 e. The molecule has 6 nitrogen and oxygen atoms in total. The van der Waals surface area contributed by atoms with E-state index in [-0.39, 0.29) is 39.9 Å². The number of H-pyrrole nitrogens is 1. The van der Waals surface area contributed by atoms with Gasteiger partial charge in [0.15, 0.2) is 23.0 Å². The Morgan fingerprint density at radius 2 is 1.97 bits per heavy atom.